The highest BCUT2D eigenvalue weighted by atomic mass is 19.1. The fourth-order valence-corrected chi connectivity index (χ4v) is 5.74. The molecule has 33 heavy (non-hydrogen) atoms. The van der Waals surface area contributed by atoms with Crippen molar-refractivity contribution in [1.82, 2.24) is 10.2 Å². The summed E-state index contributed by atoms with van der Waals surface area (Å²) in [5, 5.41) is 3.11. The van der Waals surface area contributed by atoms with E-state index in [0.29, 0.717) is 11.5 Å². The maximum absolute atomic E-state index is 15.3. The van der Waals surface area contributed by atoms with Gasteiger partial charge in [-0.2, -0.15) is 0 Å². The largest absolute Gasteiger partial charge is 0.497 e. The van der Waals surface area contributed by atoms with Crippen LogP contribution in [0.2, 0.25) is 0 Å². The number of nitrogens with zero attached hydrogens (tertiary/aromatic N) is 1. The summed E-state index contributed by atoms with van der Waals surface area (Å²) in [6.07, 6.45) is 3.49. The number of amides is 1. The number of carbonyl (C=O) groups excluding carboxylic acids is 1. The van der Waals surface area contributed by atoms with Gasteiger partial charge in [-0.25, -0.2) is 9.18 Å². The molecule has 0 saturated carbocycles. The molecule has 6 rings (SSSR count). The lowest BCUT2D eigenvalue weighted by atomic mass is 9.70. The van der Waals surface area contributed by atoms with E-state index < -0.39 is 0 Å². The minimum atomic E-state index is -0.390. The number of piperidine rings is 3. The number of carbonyl (C=O) groups is 1. The van der Waals surface area contributed by atoms with Crippen LogP contribution in [0.3, 0.4) is 0 Å². The zero-order chi connectivity index (χ0) is 23.2. The fourth-order valence-electron chi connectivity index (χ4n) is 5.74. The van der Waals surface area contributed by atoms with Gasteiger partial charge in [-0.05, 0) is 91.1 Å². The van der Waals surface area contributed by atoms with Crippen molar-refractivity contribution in [2.24, 2.45) is 11.3 Å². The second kappa shape index (κ2) is 8.64. The molecule has 6 heteroatoms. The van der Waals surface area contributed by atoms with Crippen molar-refractivity contribution in [2.75, 3.05) is 26.7 Å². The maximum atomic E-state index is 15.3. The highest BCUT2D eigenvalue weighted by Crippen LogP contribution is 2.45. The fraction of sp³-hybridized carbons (Fsp3) is 0.519. The van der Waals surface area contributed by atoms with Crippen molar-refractivity contribution in [3.05, 3.63) is 53.3 Å². The number of rotatable bonds is 4. The average molecular weight is 453 g/mol. The van der Waals surface area contributed by atoms with Gasteiger partial charge in [0.25, 0.3) is 0 Å². The van der Waals surface area contributed by atoms with Crippen LogP contribution in [0.1, 0.15) is 50.3 Å². The molecule has 3 aliphatic heterocycles. The summed E-state index contributed by atoms with van der Waals surface area (Å²) in [6.45, 7) is 7.29. The van der Waals surface area contributed by atoms with Gasteiger partial charge in [0.15, 0.2) is 0 Å². The first kappa shape index (κ1) is 22.2. The molecule has 1 amide bonds. The standard InChI is InChI=1S/C27H33FN2O3/c1-27(2)11-8-19-14-21(17-4-6-20(32-3)7-5-17)23(28)15-22(19)25(27)29-26(31)33-24-16-30-12-9-18(24)10-13-30/h4-7,14-15,18,24-25H,8-13,16H2,1-3H3,(H,29,31)/t24-,25+/m1/s1. The van der Waals surface area contributed by atoms with Gasteiger partial charge < -0.3 is 14.8 Å². The first-order valence-corrected chi connectivity index (χ1v) is 12.0. The lowest BCUT2D eigenvalue weighted by Gasteiger charge is -2.44. The van der Waals surface area contributed by atoms with E-state index >= 15 is 4.39 Å². The van der Waals surface area contributed by atoms with Crippen LogP contribution >= 0.6 is 0 Å². The van der Waals surface area contributed by atoms with Gasteiger partial charge in [0.05, 0.1) is 13.2 Å². The van der Waals surface area contributed by atoms with Crippen molar-refractivity contribution >= 4 is 6.09 Å². The van der Waals surface area contributed by atoms with Gasteiger partial charge >= 0.3 is 6.09 Å². The minimum Gasteiger partial charge on any atom is -0.497 e. The molecule has 1 aliphatic carbocycles. The number of ether oxygens (including phenoxy) is 2. The molecule has 2 bridgehead atoms. The molecule has 5 nitrogen and oxygen atoms in total. The van der Waals surface area contributed by atoms with Gasteiger partial charge in [-0.1, -0.05) is 26.0 Å². The highest BCUT2D eigenvalue weighted by Gasteiger charge is 2.40. The third-order valence-corrected chi connectivity index (χ3v) is 7.88. The van der Waals surface area contributed by atoms with Crippen LogP contribution in [0, 0.1) is 17.2 Å². The van der Waals surface area contributed by atoms with Crippen molar-refractivity contribution in [3.63, 3.8) is 0 Å². The first-order chi connectivity index (χ1) is 15.8. The molecule has 0 unspecified atom stereocenters. The van der Waals surface area contributed by atoms with E-state index in [2.05, 4.69) is 24.1 Å². The Hall–Kier alpha value is -2.60. The summed E-state index contributed by atoms with van der Waals surface area (Å²) < 4.78 is 26.4. The number of hydrogen-bond acceptors (Lipinski definition) is 4. The van der Waals surface area contributed by atoms with Crippen molar-refractivity contribution < 1.29 is 18.7 Å². The maximum Gasteiger partial charge on any atom is 0.407 e. The summed E-state index contributed by atoms with van der Waals surface area (Å²) in [6, 6.07) is 10.7. The monoisotopic (exact) mass is 452 g/mol. The lowest BCUT2D eigenvalue weighted by Crippen LogP contribution is -2.53. The molecule has 3 heterocycles. The molecule has 0 radical (unpaired) electrons. The molecule has 3 saturated heterocycles. The summed E-state index contributed by atoms with van der Waals surface area (Å²) in [5.41, 5.74) is 3.12. The van der Waals surface area contributed by atoms with E-state index in [1.165, 1.54) is 0 Å². The van der Waals surface area contributed by atoms with Gasteiger partial charge in [0.1, 0.15) is 17.7 Å². The Morgan fingerprint density at radius 1 is 1.15 bits per heavy atom. The predicted molar refractivity (Wildman–Crippen MR) is 126 cm³/mol. The quantitative estimate of drug-likeness (QED) is 0.681. The van der Waals surface area contributed by atoms with Gasteiger partial charge in [-0.15, -0.1) is 0 Å². The predicted octanol–water partition coefficient (Wildman–Crippen LogP) is 5.34. The Bertz CT molecular complexity index is 1030. The summed E-state index contributed by atoms with van der Waals surface area (Å²) in [4.78, 5) is 15.3. The summed E-state index contributed by atoms with van der Waals surface area (Å²) >= 11 is 0. The molecular weight excluding hydrogens is 419 g/mol. The Morgan fingerprint density at radius 2 is 1.88 bits per heavy atom. The van der Waals surface area contributed by atoms with Gasteiger partial charge in [0.2, 0.25) is 0 Å². The van der Waals surface area contributed by atoms with E-state index in [1.54, 1.807) is 13.2 Å². The second-order valence-electron chi connectivity index (χ2n) is 10.4. The number of nitrogens with one attached hydrogen (secondary N) is 1. The number of alkyl carbamates (subject to hydrolysis) is 1. The molecule has 0 aromatic heterocycles. The number of methoxy groups -OCH3 is 1. The van der Waals surface area contributed by atoms with Crippen molar-refractivity contribution in [1.29, 1.82) is 0 Å². The van der Waals surface area contributed by atoms with Crippen LogP contribution in [-0.4, -0.2) is 43.8 Å². The van der Waals surface area contributed by atoms with Gasteiger partial charge in [-0.3, -0.25) is 4.90 Å². The van der Waals surface area contributed by atoms with E-state index in [4.69, 9.17) is 9.47 Å². The Kier molecular flexibility index (Phi) is 5.81. The molecule has 0 spiro atoms. The Labute approximate surface area is 195 Å². The Morgan fingerprint density at radius 3 is 2.52 bits per heavy atom. The topological polar surface area (TPSA) is 50.8 Å². The van der Waals surface area contributed by atoms with Crippen LogP contribution in [-0.2, 0) is 11.2 Å². The molecule has 176 valence electrons. The molecule has 2 aromatic carbocycles. The van der Waals surface area contributed by atoms with E-state index in [0.717, 1.165) is 67.8 Å². The van der Waals surface area contributed by atoms with Crippen LogP contribution in [0.4, 0.5) is 9.18 Å². The van der Waals surface area contributed by atoms with E-state index in [9.17, 15) is 4.79 Å². The average Bonchev–Trinajstić information content (AvgIpc) is 2.82. The molecular formula is C27H33FN2O3. The minimum absolute atomic E-state index is 0.0483. The Balaban J connectivity index is 1.38. The molecule has 2 atom stereocenters. The summed E-state index contributed by atoms with van der Waals surface area (Å²) in [5.74, 6) is 0.913. The van der Waals surface area contributed by atoms with Crippen LogP contribution in [0.5, 0.6) is 5.75 Å². The van der Waals surface area contributed by atoms with Crippen LogP contribution in [0.25, 0.3) is 11.1 Å². The zero-order valence-electron chi connectivity index (χ0n) is 19.7. The molecule has 4 aliphatic rings. The number of hydrogen-bond donors (Lipinski definition) is 1. The van der Waals surface area contributed by atoms with Crippen LogP contribution in [0.15, 0.2) is 36.4 Å². The number of halogens is 1. The lowest BCUT2D eigenvalue weighted by molar-refractivity contribution is -0.0353. The molecule has 1 N–H and O–H groups in total. The molecule has 2 aromatic rings. The van der Waals surface area contributed by atoms with Gasteiger partial charge in [0, 0.05) is 12.1 Å². The summed E-state index contributed by atoms with van der Waals surface area (Å²) in [7, 11) is 1.62. The number of aryl methyl sites for hydroxylation is 1. The first-order valence-electron chi connectivity index (χ1n) is 12.0. The third-order valence-electron chi connectivity index (χ3n) is 7.88. The highest BCUT2D eigenvalue weighted by molar-refractivity contribution is 5.70. The third kappa shape index (κ3) is 4.33. The normalized spacial score (nSPS) is 27.5. The molecule has 3 fully saturated rings. The second-order valence-corrected chi connectivity index (χ2v) is 10.4. The number of fused-ring (bicyclic) bond motifs is 4. The van der Waals surface area contributed by atoms with Crippen molar-refractivity contribution in [3.8, 4) is 16.9 Å². The van der Waals surface area contributed by atoms with Crippen LogP contribution < -0.4 is 10.1 Å². The van der Waals surface area contributed by atoms with Crippen molar-refractivity contribution in [2.45, 2.75) is 51.7 Å². The smallest absolute Gasteiger partial charge is 0.407 e. The number of benzene rings is 2. The zero-order valence-corrected chi connectivity index (χ0v) is 19.7. The SMILES string of the molecule is COc1ccc(-c2cc3c(cc2F)[C@H](NC(=O)O[C@@H]2CN4CCC2CC4)C(C)(C)CC3)cc1. The van der Waals surface area contributed by atoms with E-state index in [1.807, 2.05) is 30.3 Å². The van der Waals surface area contributed by atoms with E-state index in [-0.39, 0.29) is 29.5 Å².